The third kappa shape index (κ3) is 2.61. The maximum atomic E-state index is 13.1. The summed E-state index contributed by atoms with van der Waals surface area (Å²) >= 11 is 0. The molecule has 0 spiro atoms. The summed E-state index contributed by atoms with van der Waals surface area (Å²) in [6.45, 7) is 3.13. The highest BCUT2D eigenvalue weighted by molar-refractivity contribution is 5.94. The summed E-state index contributed by atoms with van der Waals surface area (Å²) in [7, 11) is 0. The fourth-order valence-corrected chi connectivity index (χ4v) is 3.98. The van der Waals surface area contributed by atoms with Crippen LogP contribution in [0.1, 0.15) is 22.4 Å². The number of hydrogen-bond donors (Lipinski definition) is 0. The van der Waals surface area contributed by atoms with E-state index < -0.39 is 0 Å². The van der Waals surface area contributed by atoms with Crippen LogP contribution in [0, 0.1) is 6.92 Å². The first kappa shape index (κ1) is 17.0. The molecule has 8 heteroatoms. The van der Waals surface area contributed by atoms with Crippen LogP contribution in [0.4, 0.5) is 0 Å². The van der Waals surface area contributed by atoms with E-state index in [0.717, 1.165) is 27.9 Å². The summed E-state index contributed by atoms with van der Waals surface area (Å²) in [5, 5.41) is 4.26. The summed E-state index contributed by atoms with van der Waals surface area (Å²) in [4.78, 5) is 23.7. The van der Waals surface area contributed by atoms with Gasteiger partial charge in [0.05, 0.1) is 12.2 Å². The molecule has 5 heterocycles. The van der Waals surface area contributed by atoms with Crippen LogP contribution in [-0.4, -0.2) is 48.0 Å². The second kappa shape index (κ2) is 6.28. The van der Waals surface area contributed by atoms with Crippen molar-refractivity contribution in [2.24, 2.45) is 0 Å². The fraction of sp³-hybridized carbons (Fsp3) is 0.182. The SMILES string of the molecule is Cc1nc2cc(-c3ccc4ncc(C(=O)N5CC(n6cccn6)C5)n4c3)ccc2o1. The zero-order chi connectivity index (χ0) is 20.2. The number of amides is 1. The molecule has 1 saturated heterocycles. The van der Waals surface area contributed by atoms with Gasteiger partial charge in [0.2, 0.25) is 0 Å². The molecule has 1 fully saturated rings. The summed E-state index contributed by atoms with van der Waals surface area (Å²) in [6.07, 6.45) is 7.29. The molecule has 5 aromatic rings. The van der Waals surface area contributed by atoms with Crippen LogP contribution in [0.5, 0.6) is 0 Å². The Hall–Kier alpha value is -3.94. The van der Waals surface area contributed by atoms with Gasteiger partial charge in [-0.15, -0.1) is 0 Å². The molecule has 0 bridgehead atoms. The summed E-state index contributed by atoms with van der Waals surface area (Å²) in [6, 6.07) is 12.0. The van der Waals surface area contributed by atoms with Crippen molar-refractivity contribution in [2.45, 2.75) is 13.0 Å². The Morgan fingerprint density at radius 1 is 1.17 bits per heavy atom. The highest BCUT2D eigenvalue weighted by atomic mass is 16.3. The van der Waals surface area contributed by atoms with Gasteiger partial charge < -0.3 is 9.32 Å². The summed E-state index contributed by atoms with van der Waals surface area (Å²) in [5.74, 6) is 0.619. The molecule has 0 radical (unpaired) electrons. The van der Waals surface area contributed by atoms with Gasteiger partial charge in [-0.25, -0.2) is 9.97 Å². The Kier molecular flexibility index (Phi) is 3.55. The molecular formula is C22H18N6O2. The van der Waals surface area contributed by atoms with Gasteiger partial charge in [0, 0.05) is 38.6 Å². The molecule has 0 atom stereocenters. The first-order valence-corrected chi connectivity index (χ1v) is 9.79. The molecule has 6 rings (SSSR count). The van der Waals surface area contributed by atoms with Crippen LogP contribution in [0.2, 0.25) is 0 Å². The smallest absolute Gasteiger partial charge is 0.272 e. The highest BCUT2D eigenvalue weighted by Crippen LogP contribution is 2.27. The third-order valence-corrected chi connectivity index (χ3v) is 5.60. The van der Waals surface area contributed by atoms with Gasteiger partial charge in [-0.1, -0.05) is 6.07 Å². The van der Waals surface area contributed by atoms with Gasteiger partial charge in [-0.2, -0.15) is 5.10 Å². The first-order valence-electron chi connectivity index (χ1n) is 9.79. The first-order chi connectivity index (χ1) is 14.7. The molecule has 30 heavy (non-hydrogen) atoms. The summed E-state index contributed by atoms with van der Waals surface area (Å²) in [5.41, 5.74) is 4.87. The van der Waals surface area contributed by atoms with Crippen molar-refractivity contribution in [3.8, 4) is 11.1 Å². The molecule has 0 N–H and O–H groups in total. The van der Waals surface area contributed by atoms with Crippen molar-refractivity contribution in [2.75, 3.05) is 13.1 Å². The van der Waals surface area contributed by atoms with Crippen LogP contribution in [0.3, 0.4) is 0 Å². The number of carbonyl (C=O) groups excluding carboxylic acids is 1. The Labute approximate surface area is 171 Å². The van der Waals surface area contributed by atoms with E-state index in [4.69, 9.17) is 4.42 Å². The Morgan fingerprint density at radius 2 is 2.03 bits per heavy atom. The van der Waals surface area contributed by atoms with E-state index in [2.05, 4.69) is 15.1 Å². The van der Waals surface area contributed by atoms with E-state index >= 15 is 0 Å². The highest BCUT2D eigenvalue weighted by Gasteiger charge is 2.33. The van der Waals surface area contributed by atoms with E-state index in [1.165, 1.54) is 0 Å². The van der Waals surface area contributed by atoms with Gasteiger partial charge >= 0.3 is 0 Å². The minimum atomic E-state index is -0.0226. The molecule has 1 aliphatic heterocycles. The molecule has 1 amide bonds. The van der Waals surface area contributed by atoms with Crippen molar-refractivity contribution in [1.29, 1.82) is 0 Å². The lowest BCUT2D eigenvalue weighted by Gasteiger charge is -2.38. The molecule has 1 aliphatic rings. The number of hydrogen-bond acceptors (Lipinski definition) is 5. The number of fused-ring (bicyclic) bond motifs is 2. The number of likely N-dealkylation sites (tertiary alicyclic amines) is 1. The molecular weight excluding hydrogens is 380 g/mol. The molecule has 4 aromatic heterocycles. The van der Waals surface area contributed by atoms with Crippen molar-refractivity contribution < 1.29 is 9.21 Å². The maximum Gasteiger partial charge on any atom is 0.272 e. The predicted molar refractivity (Wildman–Crippen MR) is 110 cm³/mol. The van der Waals surface area contributed by atoms with Crippen molar-refractivity contribution in [3.63, 3.8) is 0 Å². The number of aromatic nitrogens is 5. The number of carbonyl (C=O) groups is 1. The molecule has 148 valence electrons. The molecule has 8 nitrogen and oxygen atoms in total. The van der Waals surface area contributed by atoms with E-state index in [1.54, 1.807) is 12.4 Å². The monoisotopic (exact) mass is 398 g/mol. The van der Waals surface area contributed by atoms with Gasteiger partial charge in [0.15, 0.2) is 11.5 Å². The minimum absolute atomic E-state index is 0.0226. The number of nitrogens with zero attached hydrogens (tertiary/aromatic N) is 6. The van der Waals surface area contributed by atoms with Crippen molar-refractivity contribution in [1.82, 2.24) is 29.0 Å². The van der Waals surface area contributed by atoms with Gasteiger partial charge in [0.1, 0.15) is 16.9 Å². The van der Waals surface area contributed by atoms with Crippen LogP contribution < -0.4 is 0 Å². The predicted octanol–water partition coefficient (Wildman–Crippen LogP) is 3.34. The number of benzene rings is 1. The molecule has 1 aromatic carbocycles. The van der Waals surface area contributed by atoms with E-state index in [9.17, 15) is 4.79 Å². The second-order valence-electron chi connectivity index (χ2n) is 7.55. The molecule has 0 saturated carbocycles. The average Bonchev–Trinajstić information content (AvgIpc) is 3.44. The van der Waals surface area contributed by atoms with Crippen LogP contribution in [0.25, 0.3) is 27.9 Å². The Bertz CT molecular complexity index is 1390. The Morgan fingerprint density at radius 3 is 2.87 bits per heavy atom. The number of oxazole rings is 1. The lowest BCUT2D eigenvalue weighted by atomic mass is 10.1. The van der Waals surface area contributed by atoms with E-state index in [-0.39, 0.29) is 11.9 Å². The van der Waals surface area contributed by atoms with Crippen molar-refractivity contribution >= 4 is 22.7 Å². The standard InChI is InChI=1S/C22H18N6O2/c1-14-25-18-9-15(3-5-20(18)30-14)16-4-6-21-23-10-19(27(21)11-16)22(29)26-12-17(13-26)28-8-2-7-24-28/h2-11,17H,12-13H2,1H3. The van der Waals surface area contributed by atoms with Crippen LogP contribution in [-0.2, 0) is 0 Å². The number of rotatable bonds is 3. The van der Waals surface area contributed by atoms with Gasteiger partial charge in [0.25, 0.3) is 5.91 Å². The number of aryl methyl sites for hydroxylation is 1. The molecule has 0 aliphatic carbocycles. The lowest BCUT2D eigenvalue weighted by molar-refractivity contribution is 0.0494. The van der Waals surface area contributed by atoms with Gasteiger partial charge in [-0.05, 0) is 41.5 Å². The lowest BCUT2D eigenvalue weighted by Crippen LogP contribution is -2.51. The van der Waals surface area contributed by atoms with Crippen molar-refractivity contribution in [3.05, 3.63) is 72.8 Å². The minimum Gasteiger partial charge on any atom is -0.441 e. The normalized spacial score (nSPS) is 14.5. The topological polar surface area (TPSA) is 81.5 Å². The Balaban J connectivity index is 1.32. The zero-order valence-corrected chi connectivity index (χ0v) is 16.3. The van der Waals surface area contributed by atoms with E-state index in [1.807, 2.05) is 69.7 Å². The number of pyridine rings is 1. The van der Waals surface area contributed by atoms with Gasteiger partial charge in [-0.3, -0.25) is 13.9 Å². The second-order valence-corrected chi connectivity index (χ2v) is 7.55. The van der Waals surface area contributed by atoms with Crippen LogP contribution >= 0.6 is 0 Å². The largest absolute Gasteiger partial charge is 0.441 e. The maximum absolute atomic E-state index is 13.1. The zero-order valence-electron chi connectivity index (χ0n) is 16.3. The average molecular weight is 398 g/mol. The third-order valence-electron chi connectivity index (χ3n) is 5.60. The number of imidazole rings is 1. The quantitative estimate of drug-likeness (QED) is 0.466. The van der Waals surface area contributed by atoms with Crippen LogP contribution in [0.15, 0.2) is 65.6 Å². The summed E-state index contributed by atoms with van der Waals surface area (Å²) < 4.78 is 9.32. The molecule has 0 unspecified atom stereocenters. The van der Waals surface area contributed by atoms with E-state index in [0.29, 0.717) is 24.7 Å². The fourth-order valence-electron chi connectivity index (χ4n) is 3.98.